The zero-order valence-electron chi connectivity index (χ0n) is 21.3. The number of aldehydes is 1. The first-order valence-electron chi connectivity index (χ1n) is 12.8. The minimum Gasteiger partial charge on any atom is -0.508 e. The molecule has 9 nitrogen and oxygen atoms in total. The molecule has 1 aromatic rings. The zero-order valence-corrected chi connectivity index (χ0v) is 21.3. The van der Waals surface area contributed by atoms with Crippen LogP contribution in [0.2, 0.25) is 0 Å². The first kappa shape index (κ1) is 27.9. The molecule has 4 rings (SSSR count). The van der Waals surface area contributed by atoms with Gasteiger partial charge in [0.15, 0.2) is 17.2 Å². The number of aromatic hydroxyl groups is 1. The van der Waals surface area contributed by atoms with Gasteiger partial charge in [0.25, 0.3) is 0 Å². The fourth-order valence-corrected chi connectivity index (χ4v) is 5.81. The van der Waals surface area contributed by atoms with E-state index in [0.29, 0.717) is 29.5 Å². The number of amides is 1. The average Bonchev–Trinajstić information content (AvgIpc) is 2.89. The number of fused-ring (bicyclic) bond motifs is 2. The molecule has 39 heavy (non-hydrogen) atoms. The maximum atomic E-state index is 13.8. The molecule has 0 saturated carbocycles. The number of rotatable bonds is 7. The highest BCUT2D eigenvalue weighted by molar-refractivity contribution is 6.15. The molecule has 0 saturated heterocycles. The Labute approximate surface area is 225 Å². The van der Waals surface area contributed by atoms with Crippen molar-refractivity contribution in [3.05, 3.63) is 82.2 Å². The monoisotopic (exact) mass is 533 g/mol. The van der Waals surface area contributed by atoms with Crippen molar-refractivity contribution in [3.63, 3.8) is 0 Å². The van der Waals surface area contributed by atoms with Crippen molar-refractivity contribution in [2.45, 2.75) is 44.1 Å². The molecule has 3 aliphatic carbocycles. The molecular weight excluding hydrogens is 502 g/mol. The number of aliphatic hydroxyl groups is 3. The molecule has 1 amide bonds. The minimum atomic E-state index is -2.57. The summed E-state index contributed by atoms with van der Waals surface area (Å²) in [4.78, 5) is 49.6. The number of phenolic OH excluding ortho intramolecular Hbond substituents is 1. The van der Waals surface area contributed by atoms with Gasteiger partial charge in [0.1, 0.15) is 17.8 Å². The van der Waals surface area contributed by atoms with Crippen LogP contribution in [0, 0.1) is 11.8 Å². The molecule has 0 aliphatic heterocycles. The van der Waals surface area contributed by atoms with E-state index in [4.69, 9.17) is 5.73 Å². The Balaban J connectivity index is 1.87. The lowest BCUT2D eigenvalue weighted by Crippen LogP contribution is -2.54. The van der Waals surface area contributed by atoms with E-state index in [1.165, 1.54) is 6.07 Å². The Bertz CT molecular complexity index is 1380. The molecule has 0 spiro atoms. The molecule has 3 atom stereocenters. The van der Waals surface area contributed by atoms with Crippen LogP contribution in [0.5, 0.6) is 5.75 Å². The van der Waals surface area contributed by atoms with Crippen molar-refractivity contribution in [2.75, 3.05) is 6.61 Å². The minimum absolute atomic E-state index is 0.0444. The summed E-state index contributed by atoms with van der Waals surface area (Å²) in [6.07, 6.45) is 12.1. The van der Waals surface area contributed by atoms with Gasteiger partial charge >= 0.3 is 0 Å². The second kappa shape index (κ2) is 11.3. The largest absolute Gasteiger partial charge is 0.508 e. The summed E-state index contributed by atoms with van der Waals surface area (Å²) >= 11 is 0. The number of ketones is 2. The Morgan fingerprint density at radius 3 is 2.49 bits per heavy atom. The summed E-state index contributed by atoms with van der Waals surface area (Å²) in [6, 6.07) is 3.08. The van der Waals surface area contributed by atoms with Gasteiger partial charge in [-0.25, -0.2) is 0 Å². The Morgan fingerprint density at radius 2 is 1.82 bits per heavy atom. The first-order chi connectivity index (χ1) is 18.6. The van der Waals surface area contributed by atoms with Crippen molar-refractivity contribution in [3.8, 4) is 5.75 Å². The van der Waals surface area contributed by atoms with E-state index in [1.807, 2.05) is 30.4 Å². The fourth-order valence-electron chi connectivity index (χ4n) is 5.81. The molecule has 1 unspecified atom stereocenters. The van der Waals surface area contributed by atoms with E-state index >= 15 is 0 Å². The van der Waals surface area contributed by atoms with Crippen LogP contribution in [-0.4, -0.2) is 56.4 Å². The summed E-state index contributed by atoms with van der Waals surface area (Å²) in [5, 5.41) is 42.9. The third-order valence-corrected chi connectivity index (χ3v) is 7.71. The quantitative estimate of drug-likeness (QED) is 0.262. The maximum Gasteiger partial charge on any atom is 0.225 e. The van der Waals surface area contributed by atoms with Crippen LogP contribution in [0.1, 0.15) is 53.6 Å². The molecule has 6 N–H and O–H groups in total. The molecule has 0 bridgehead atoms. The van der Waals surface area contributed by atoms with Gasteiger partial charge in [-0.1, -0.05) is 42.5 Å². The molecule has 204 valence electrons. The molecule has 0 radical (unpaired) electrons. The summed E-state index contributed by atoms with van der Waals surface area (Å²) in [7, 11) is 0. The third-order valence-electron chi connectivity index (χ3n) is 7.71. The second-order valence-electron chi connectivity index (χ2n) is 10.1. The number of benzene rings is 1. The van der Waals surface area contributed by atoms with Crippen molar-refractivity contribution in [1.82, 2.24) is 0 Å². The van der Waals surface area contributed by atoms with E-state index < -0.39 is 53.7 Å². The van der Waals surface area contributed by atoms with Gasteiger partial charge in [-0.2, -0.15) is 0 Å². The molecule has 0 heterocycles. The predicted octanol–water partition coefficient (Wildman–Crippen LogP) is 2.55. The number of nitrogens with two attached hydrogens (primary N) is 1. The number of primary amides is 1. The SMILES string of the molecule is NC(=O)CC(=O)[C@@]1(O)C(O)=C2C(=O)c3c(O)ccc(/C4=C/C=C(/C=O)C/C=C\C=C/C4)c3CC2C[C@H]1CCO. The van der Waals surface area contributed by atoms with Crippen molar-refractivity contribution < 1.29 is 39.6 Å². The summed E-state index contributed by atoms with van der Waals surface area (Å²) < 4.78 is 0. The van der Waals surface area contributed by atoms with Gasteiger partial charge in [-0.3, -0.25) is 19.2 Å². The molecule has 9 heteroatoms. The van der Waals surface area contributed by atoms with Gasteiger partial charge < -0.3 is 26.2 Å². The van der Waals surface area contributed by atoms with Gasteiger partial charge in [0.2, 0.25) is 5.91 Å². The van der Waals surface area contributed by atoms with E-state index in [1.54, 1.807) is 12.1 Å². The summed E-state index contributed by atoms with van der Waals surface area (Å²) in [5.41, 5.74) is 4.95. The van der Waals surface area contributed by atoms with Crippen LogP contribution in [0.4, 0.5) is 0 Å². The predicted molar refractivity (Wildman–Crippen MR) is 143 cm³/mol. The van der Waals surface area contributed by atoms with Crippen molar-refractivity contribution in [1.29, 1.82) is 0 Å². The number of aliphatic hydroxyl groups excluding tert-OH is 2. The first-order valence-corrected chi connectivity index (χ1v) is 12.8. The number of phenols is 1. The molecule has 0 aromatic heterocycles. The van der Waals surface area contributed by atoms with Gasteiger partial charge in [-0.05, 0) is 66.4 Å². The lowest BCUT2D eigenvalue weighted by Gasteiger charge is -2.44. The van der Waals surface area contributed by atoms with Crippen LogP contribution >= 0.6 is 0 Å². The highest BCUT2D eigenvalue weighted by Gasteiger charge is 2.55. The van der Waals surface area contributed by atoms with Crippen LogP contribution in [0.3, 0.4) is 0 Å². The Kier molecular flexibility index (Phi) is 8.13. The number of carbonyl (C=O) groups excluding carboxylic acids is 4. The average molecular weight is 534 g/mol. The number of allylic oxidation sites excluding steroid dienone is 9. The molecule has 1 aromatic carbocycles. The normalized spacial score (nSPS) is 29.1. The van der Waals surface area contributed by atoms with Gasteiger partial charge in [-0.15, -0.1) is 0 Å². The number of Topliss-reactive ketones (excluding diaryl/α,β-unsaturated/α-hetero) is 2. The summed E-state index contributed by atoms with van der Waals surface area (Å²) in [6.45, 7) is -0.401. The Morgan fingerprint density at radius 1 is 1.10 bits per heavy atom. The zero-order chi connectivity index (χ0) is 28.3. The van der Waals surface area contributed by atoms with Crippen LogP contribution in [0.25, 0.3) is 5.57 Å². The highest BCUT2D eigenvalue weighted by Crippen LogP contribution is 2.49. The molecular formula is C30H31NO8. The lowest BCUT2D eigenvalue weighted by molar-refractivity contribution is -0.147. The number of hydrogen-bond acceptors (Lipinski definition) is 8. The van der Waals surface area contributed by atoms with E-state index in [2.05, 4.69) is 0 Å². The van der Waals surface area contributed by atoms with Gasteiger partial charge in [0, 0.05) is 18.1 Å². The van der Waals surface area contributed by atoms with Crippen LogP contribution in [-0.2, 0) is 20.8 Å². The summed E-state index contributed by atoms with van der Waals surface area (Å²) in [5.74, 6) is -5.57. The standard InChI is InChI=1S/C30H31NO8/c31-25(36)15-24(35)30(39)20(11-12-32)13-19-14-22-21(9-10-23(34)27(22)28(37)26(19)29(30)38)18-6-4-2-1-3-5-17(16-33)7-8-18/h1-4,7-10,16,19-20,32,34,38-39H,5-6,11-15H2,(H2,31,36)/b3-1-,4-2-,17-7+,18-8+/t19?,20-,30-/m1/s1. The fraction of sp³-hybridized carbons (Fsp3) is 0.333. The smallest absolute Gasteiger partial charge is 0.225 e. The third kappa shape index (κ3) is 5.15. The maximum absolute atomic E-state index is 13.8. The van der Waals surface area contributed by atoms with Crippen molar-refractivity contribution >= 4 is 29.3 Å². The van der Waals surface area contributed by atoms with Crippen molar-refractivity contribution in [2.24, 2.45) is 17.6 Å². The number of carbonyl (C=O) groups is 4. The second-order valence-corrected chi connectivity index (χ2v) is 10.1. The lowest BCUT2D eigenvalue weighted by atomic mass is 9.62. The molecule has 0 fully saturated rings. The van der Waals surface area contributed by atoms with E-state index in [-0.39, 0.29) is 36.1 Å². The topological polar surface area (TPSA) is 175 Å². The van der Waals surface area contributed by atoms with E-state index in [0.717, 1.165) is 11.9 Å². The van der Waals surface area contributed by atoms with Gasteiger partial charge in [0.05, 0.1) is 12.0 Å². The Hall–Kier alpha value is -4.08. The van der Waals surface area contributed by atoms with E-state index in [9.17, 15) is 39.6 Å². The van der Waals surface area contributed by atoms with Crippen LogP contribution in [0.15, 0.2) is 65.5 Å². The molecule has 3 aliphatic rings. The highest BCUT2D eigenvalue weighted by atomic mass is 16.3. The van der Waals surface area contributed by atoms with Crippen LogP contribution < -0.4 is 5.73 Å². The number of hydrogen-bond donors (Lipinski definition) is 5.